The average molecular weight is 505 g/mol. The number of amides is 4. The quantitative estimate of drug-likeness (QED) is 0.321. The zero-order valence-electron chi connectivity index (χ0n) is 22.1. The predicted octanol–water partition coefficient (Wildman–Crippen LogP) is 2.83. The molecule has 3 atom stereocenters. The molecule has 0 saturated heterocycles. The summed E-state index contributed by atoms with van der Waals surface area (Å²) >= 11 is 0. The fourth-order valence-corrected chi connectivity index (χ4v) is 3.69. The van der Waals surface area contributed by atoms with E-state index in [0.29, 0.717) is 12.0 Å². The summed E-state index contributed by atoms with van der Waals surface area (Å²) in [4.78, 5) is 52.6. The maximum absolute atomic E-state index is 13.7. The Hall–Kier alpha value is -3.56. The highest BCUT2D eigenvalue weighted by molar-refractivity contribution is 5.95. The average Bonchev–Trinajstić information content (AvgIpc) is 2.73. The molecule has 0 fully saturated rings. The van der Waals surface area contributed by atoms with Crippen LogP contribution in [-0.2, 0) is 19.1 Å². The number of nitrogens with zero attached hydrogens (tertiary/aromatic N) is 1. The summed E-state index contributed by atoms with van der Waals surface area (Å²) in [6.07, 6.45) is 1.51. The van der Waals surface area contributed by atoms with Crippen LogP contribution in [0.25, 0.3) is 0 Å². The van der Waals surface area contributed by atoms with Crippen LogP contribution >= 0.6 is 0 Å². The molecule has 36 heavy (non-hydrogen) atoms. The number of aryl methyl sites for hydroxylation is 1. The van der Waals surface area contributed by atoms with Crippen LogP contribution in [0, 0.1) is 6.92 Å². The molecule has 0 spiro atoms. The van der Waals surface area contributed by atoms with Crippen molar-refractivity contribution in [1.29, 1.82) is 0 Å². The first kappa shape index (κ1) is 30.5. The zero-order chi connectivity index (χ0) is 27.6. The van der Waals surface area contributed by atoms with E-state index in [4.69, 9.17) is 10.5 Å². The van der Waals surface area contributed by atoms with Crippen LogP contribution in [0.15, 0.2) is 30.9 Å². The second kappa shape index (κ2) is 13.5. The Labute approximate surface area is 213 Å². The Kier molecular flexibility index (Phi) is 11.4. The van der Waals surface area contributed by atoms with Gasteiger partial charge in [-0.3, -0.25) is 14.4 Å². The Morgan fingerprint density at radius 2 is 1.86 bits per heavy atom. The van der Waals surface area contributed by atoms with Gasteiger partial charge in [-0.25, -0.2) is 4.79 Å². The van der Waals surface area contributed by atoms with Crippen LogP contribution in [0.5, 0.6) is 5.75 Å². The third-order valence-electron chi connectivity index (χ3n) is 5.24. The van der Waals surface area contributed by atoms with Crippen molar-refractivity contribution >= 4 is 23.8 Å². The number of carbonyl (C=O) groups excluding carboxylic acids is 4. The summed E-state index contributed by atoms with van der Waals surface area (Å²) in [5.41, 5.74) is 5.21. The standard InChI is InChI=1S/C26H40N4O6/c1-8-11-17(4)28-23(33)21(18-13-10-12-16(3)22(18)32)30(14-9-2)24(34)19(15-20(27)31)29-25(35)36-26(5,6)7/h9-10,12-13,17,19,21,32H,2,8,11,14-15H2,1,3-7H3,(H2,27,31)(H,28,33)(H,29,35). The largest absolute Gasteiger partial charge is 0.507 e. The number of benzene rings is 1. The lowest BCUT2D eigenvalue weighted by Gasteiger charge is -2.34. The molecule has 0 radical (unpaired) electrons. The number of ether oxygens (including phenoxy) is 1. The molecule has 3 unspecified atom stereocenters. The van der Waals surface area contributed by atoms with E-state index in [-0.39, 0.29) is 23.9 Å². The van der Waals surface area contributed by atoms with Gasteiger partial charge in [0.1, 0.15) is 23.4 Å². The minimum absolute atomic E-state index is 0.113. The van der Waals surface area contributed by atoms with Crippen LogP contribution in [0.2, 0.25) is 0 Å². The number of alkyl carbamates (subject to hydrolysis) is 1. The highest BCUT2D eigenvalue weighted by Crippen LogP contribution is 2.32. The van der Waals surface area contributed by atoms with Gasteiger partial charge < -0.3 is 31.1 Å². The Balaban J connectivity index is 3.54. The molecule has 0 heterocycles. The third-order valence-corrected chi connectivity index (χ3v) is 5.24. The van der Waals surface area contributed by atoms with Gasteiger partial charge in [0.05, 0.1) is 6.42 Å². The number of phenols is 1. The number of phenolic OH excluding ortho intramolecular Hbond substituents is 1. The second-order valence-electron chi connectivity index (χ2n) is 9.76. The Morgan fingerprint density at radius 1 is 1.22 bits per heavy atom. The summed E-state index contributed by atoms with van der Waals surface area (Å²) in [6.45, 7) is 14.0. The fraction of sp³-hybridized carbons (Fsp3) is 0.538. The topological polar surface area (TPSA) is 151 Å². The first-order valence-corrected chi connectivity index (χ1v) is 12.0. The zero-order valence-corrected chi connectivity index (χ0v) is 22.1. The van der Waals surface area contributed by atoms with Gasteiger partial charge in [0.25, 0.3) is 0 Å². The molecule has 10 heteroatoms. The molecular weight excluding hydrogens is 464 g/mol. The van der Waals surface area contributed by atoms with E-state index in [0.717, 1.165) is 11.3 Å². The summed E-state index contributed by atoms with van der Waals surface area (Å²) in [5.74, 6) is -2.26. The lowest BCUT2D eigenvalue weighted by molar-refractivity contribution is -0.143. The summed E-state index contributed by atoms with van der Waals surface area (Å²) in [5, 5.41) is 16.1. The Bertz CT molecular complexity index is 956. The number of hydrogen-bond donors (Lipinski definition) is 4. The lowest BCUT2D eigenvalue weighted by Crippen LogP contribution is -2.54. The van der Waals surface area contributed by atoms with E-state index in [2.05, 4.69) is 17.2 Å². The molecular formula is C26H40N4O6. The van der Waals surface area contributed by atoms with E-state index < -0.39 is 47.9 Å². The molecule has 5 N–H and O–H groups in total. The monoisotopic (exact) mass is 504 g/mol. The smallest absolute Gasteiger partial charge is 0.408 e. The molecule has 0 aliphatic rings. The minimum atomic E-state index is -1.41. The number of carbonyl (C=O) groups is 4. The van der Waals surface area contributed by atoms with E-state index in [1.54, 1.807) is 45.9 Å². The highest BCUT2D eigenvalue weighted by atomic mass is 16.6. The van der Waals surface area contributed by atoms with Crippen molar-refractivity contribution in [2.24, 2.45) is 5.73 Å². The number of nitrogens with two attached hydrogens (primary N) is 1. The van der Waals surface area contributed by atoms with Crippen molar-refractivity contribution in [1.82, 2.24) is 15.5 Å². The molecule has 10 nitrogen and oxygen atoms in total. The van der Waals surface area contributed by atoms with Gasteiger partial charge in [0.15, 0.2) is 0 Å². The molecule has 0 aliphatic heterocycles. The van der Waals surface area contributed by atoms with Crippen molar-refractivity contribution in [3.8, 4) is 5.75 Å². The number of primary amides is 1. The first-order valence-electron chi connectivity index (χ1n) is 12.0. The van der Waals surface area contributed by atoms with Crippen molar-refractivity contribution < 1.29 is 29.0 Å². The van der Waals surface area contributed by atoms with Gasteiger partial charge in [-0.05, 0) is 46.6 Å². The molecule has 1 aromatic rings. The van der Waals surface area contributed by atoms with Gasteiger partial charge in [-0.15, -0.1) is 6.58 Å². The van der Waals surface area contributed by atoms with E-state index >= 15 is 0 Å². The second-order valence-corrected chi connectivity index (χ2v) is 9.76. The van der Waals surface area contributed by atoms with Gasteiger partial charge in [0.2, 0.25) is 17.7 Å². The molecule has 0 aromatic heterocycles. The van der Waals surface area contributed by atoms with Crippen LogP contribution < -0.4 is 16.4 Å². The van der Waals surface area contributed by atoms with Gasteiger partial charge in [0, 0.05) is 18.2 Å². The molecule has 1 aromatic carbocycles. The van der Waals surface area contributed by atoms with Crippen molar-refractivity contribution in [3.63, 3.8) is 0 Å². The number of para-hydroxylation sites is 1. The molecule has 0 bridgehead atoms. The molecule has 1 rings (SSSR count). The highest BCUT2D eigenvalue weighted by Gasteiger charge is 2.38. The molecule has 200 valence electrons. The van der Waals surface area contributed by atoms with E-state index in [1.807, 2.05) is 13.8 Å². The first-order chi connectivity index (χ1) is 16.7. The number of aromatic hydroxyl groups is 1. The van der Waals surface area contributed by atoms with Gasteiger partial charge >= 0.3 is 6.09 Å². The third kappa shape index (κ3) is 9.24. The number of nitrogens with one attached hydrogen (secondary N) is 2. The maximum atomic E-state index is 13.7. The fourth-order valence-electron chi connectivity index (χ4n) is 3.69. The van der Waals surface area contributed by atoms with E-state index in [9.17, 15) is 24.3 Å². The minimum Gasteiger partial charge on any atom is -0.507 e. The number of rotatable bonds is 12. The SMILES string of the molecule is C=CCN(C(=O)C(CC(N)=O)NC(=O)OC(C)(C)C)C(C(=O)NC(C)CCC)c1cccc(C)c1O. The summed E-state index contributed by atoms with van der Waals surface area (Å²) in [7, 11) is 0. The molecule has 0 aliphatic carbocycles. The van der Waals surface area contributed by atoms with Gasteiger partial charge in [-0.1, -0.05) is 37.6 Å². The van der Waals surface area contributed by atoms with Crippen LogP contribution in [0.1, 0.15) is 71.0 Å². The molecule has 4 amide bonds. The van der Waals surface area contributed by atoms with Crippen LogP contribution in [0.3, 0.4) is 0 Å². The van der Waals surface area contributed by atoms with Crippen molar-refractivity contribution in [2.75, 3.05) is 6.54 Å². The van der Waals surface area contributed by atoms with E-state index in [1.165, 1.54) is 6.08 Å². The van der Waals surface area contributed by atoms with Gasteiger partial charge in [-0.2, -0.15) is 0 Å². The van der Waals surface area contributed by atoms with Crippen molar-refractivity contribution in [3.05, 3.63) is 42.0 Å². The molecule has 0 saturated carbocycles. The predicted molar refractivity (Wildman–Crippen MR) is 137 cm³/mol. The summed E-state index contributed by atoms with van der Waals surface area (Å²) in [6, 6.07) is 2.01. The van der Waals surface area contributed by atoms with Crippen molar-refractivity contribution in [2.45, 2.75) is 84.5 Å². The van der Waals surface area contributed by atoms with Crippen LogP contribution in [-0.4, -0.2) is 58.1 Å². The van der Waals surface area contributed by atoms with Crippen LogP contribution in [0.4, 0.5) is 4.79 Å². The lowest BCUT2D eigenvalue weighted by atomic mass is 9.98. The maximum Gasteiger partial charge on any atom is 0.408 e. The summed E-state index contributed by atoms with van der Waals surface area (Å²) < 4.78 is 5.23. The number of hydrogen-bond acceptors (Lipinski definition) is 6. The Morgan fingerprint density at radius 3 is 2.39 bits per heavy atom. The normalized spacial score (nSPS) is 13.6.